The van der Waals surface area contributed by atoms with Gasteiger partial charge in [0.2, 0.25) is 0 Å². The van der Waals surface area contributed by atoms with Crippen molar-refractivity contribution < 1.29 is 24.2 Å². The second-order valence-electron chi connectivity index (χ2n) is 4.79. The fraction of sp³-hybridized carbons (Fsp3) is 0.833. The summed E-state index contributed by atoms with van der Waals surface area (Å²) in [6, 6.07) is 0. The van der Waals surface area contributed by atoms with Crippen LogP contribution < -0.4 is 0 Å². The van der Waals surface area contributed by atoms with Gasteiger partial charge in [-0.2, -0.15) is 0 Å². The van der Waals surface area contributed by atoms with Crippen LogP contribution in [0.4, 0.5) is 0 Å². The molecule has 0 rings (SSSR count). The molecule has 0 amide bonds. The van der Waals surface area contributed by atoms with Crippen LogP contribution in [-0.2, 0) is 19.1 Å². The minimum Gasteiger partial charge on any atom is -0.466 e. The van der Waals surface area contributed by atoms with Gasteiger partial charge in [-0.25, -0.2) is 0 Å². The number of aliphatic hydroxyl groups excluding tert-OH is 1. The molecule has 0 aliphatic carbocycles. The Morgan fingerprint density at radius 3 is 2.29 bits per heavy atom. The van der Waals surface area contributed by atoms with Crippen LogP contribution in [-0.4, -0.2) is 35.4 Å². The molecule has 5 heteroatoms. The maximum atomic E-state index is 11.3. The van der Waals surface area contributed by atoms with Gasteiger partial charge in [0.05, 0.1) is 19.1 Å². The maximum absolute atomic E-state index is 11.3. The number of rotatable bonds is 6. The summed E-state index contributed by atoms with van der Waals surface area (Å²) in [6.07, 6.45) is -0.649. The normalized spacial score (nSPS) is 13.0. The fourth-order valence-electron chi connectivity index (χ4n) is 1.19. The molecule has 0 bridgehead atoms. The molecule has 0 aromatic rings. The van der Waals surface area contributed by atoms with Crippen molar-refractivity contribution in [2.24, 2.45) is 0 Å². The molecule has 100 valence electrons. The first-order valence-corrected chi connectivity index (χ1v) is 5.80. The number of esters is 2. The van der Waals surface area contributed by atoms with Crippen LogP contribution in [0.1, 0.15) is 47.0 Å². The van der Waals surface area contributed by atoms with Crippen molar-refractivity contribution in [3.8, 4) is 0 Å². The maximum Gasteiger partial charge on any atom is 0.308 e. The van der Waals surface area contributed by atoms with E-state index in [4.69, 9.17) is 4.74 Å². The van der Waals surface area contributed by atoms with E-state index >= 15 is 0 Å². The highest BCUT2D eigenvalue weighted by Crippen LogP contribution is 2.11. The Kier molecular flexibility index (Phi) is 6.80. The molecule has 0 aromatic carbocycles. The Labute approximate surface area is 102 Å². The first-order valence-electron chi connectivity index (χ1n) is 5.80. The average Bonchev–Trinajstić information content (AvgIpc) is 2.12. The van der Waals surface area contributed by atoms with Crippen LogP contribution in [0.5, 0.6) is 0 Å². The van der Waals surface area contributed by atoms with Gasteiger partial charge in [0.1, 0.15) is 5.60 Å². The molecule has 0 radical (unpaired) electrons. The van der Waals surface area contributed by atoms with Crippen molar-refractivity contribution in [3.05, 3.63) is 0 Å². The van der Waals surface area contributed by atoms with Gasteiger partial charge in [-0.3, -0.25) is 9.59 Å². The highest BCUT2D eigenvalue weighted by molar-refractivity contribution is 5.71. The molecular formula is C12H22O5. The van der Waals surface area contributed by atoms with Gasteiger partial charge in [0.15, 0.2) is 0 Å². The predicted octanol–water partition coefficient (Wildman–Crippen LogP) is 1.42. The van der Waals surface area contributed by atoms with E-state index in [0.29, 0.717) is 0 Å². The fourth-order valence-corrected chi connectivity index (χ4v) is 1.19. The molecule has 0 aliphatic rings. The summed E-state index contributed by atoms with van der Waals surface area (Å²) < 4.78 is 9.76. The lowest BCUT2D eigenvalue weighted by Crippen LogP contribution is -2.25. The zero-order valence-corrected chi connectivity index (χ0v) is 11.0. The van der Waals surface area contributed by atoms with Crippen LogP contribution in [0.15, 0.2) is 0 Å². The number of carbonyl (C=O) groups is 2. The minimum absolute atomic E-state index is 0.0867. The molecule has 17 heavy (non-hydrogen) atoms. The Morgan fingerprint density at radius 2 is 1.82 bits per heavy atom. The zero-order chi connectivity index (χ0) is 13.5. The Morgan fingerprint density at radius 1 is 1.24 bits per heavy atom. The molecule has 0 heterocycles. The number of aliphatic hydroxyl groups is 1. The van der Waals surface area contributed by atoms with Gasteiger partial charge >= 0.3 is 11.9 Å². The van der Waals surface area contributed by atoms with E-state index in [1.807, 2.05) is 0 Å². The molecule has 1 N–H and O–H groups in total. The molecule has 1 atom stereocenters. The lowest BCUT2D eigenvalue weighted by atomic mass is 10.1. The van der Waals surface area contributed by atoms with Gasteiger partial charge < -0.3 is 14.6 Å². The van der Waals surface area contributed by atoms with E-state index in [9.17, 15) is 14.7 Å². The summed E-state index contributed by atoms with van der Waals surface area (Å²) in [5.41, 5.74) is -0.525. The van der Waals surface area contributed by atoms with Crippen molar-refractivity contribution >= 4 is 11.9 Å². The monoisotopic (exact) mass is 246 g/mol. The van der Waals surface area contributed by atoms with Gasteiger partial charge in [0.25, 0.3) is 0 Å². The predicted molar refractivity (Wildman–Crippen MR) is 62.3 cm³/mol. The van der Waals surface area contributed by atoms with E-state index in [-0.39, 0.29) is 31.8 Å². The third-order valence-electron chi connectivity index (χ3n) is 1.81. The van der Waals surface area contributed by atoms with Crippen molar-refractivity contribution in [1.82, 2.24) is 0 Å². The van der Waals surface area contributed by atoms with E-state index in [1.54, 1.807) is 27.7 Å². The highest BCUT2D eigenvalue weighted by atomic mass is 16.6. The van der Waals surface area contributed by atoms with Gasteiger partial charge in [0, 0.05) is 6.42 Å². The number of hydrogen-bond donors (Lipinski definition) is 1. The SMILES string of the molecule is CCOC(=O)CC(O)CCC(=O)OC(C)(C)C. The molecular weight excluding hydrogens is 224 g/mol. The molecule has 0 saturated heterocycles. The number of carbonyl (C=O) groups excluding carboxylic acids is 2. The molecule has 5 nitrogen and oxygen atoms in total. The van der Waals surface area contributed by atoms with Crippen LogP contribution in [0.2, 0.25) is 0 Å². The molecule has 0 aromatic heterocycles. The zero-order valence-electron chi connectivity index (χ0n) is 11.0. The van der Waals surface area contributed by atoms with Crippen molar-refractivity contribution in [3.63, 3.8) is 0 Å². The third kappa shape index (κ3) is 9.81. The summed E-state index contributed by atoms with van der Waals surface area (Å²) in [5, 5.41) is 9.48. The summed E-state index contributed by atoms with van der Waals surface area (Å²) in [7, 11) is 0. The van der Waals surface area contributed by atoms with Crippen LogP contribution in [0.25, 0.3) is 0 Å². The van der Waals surface area contributed by atoms with Crippen molar-refractivity contribution in [2.45, 2.75) is 58.7 Å². The first kappa shape index (κ1) is 15.9. The number of hydrogen-bond acceptors (Lipinski definition) is 5. The molecule has 0 aliphatic heterocycles. The summed E-state index contributed by atoms with van der Waals surface area (Å²) in [6.45, 7) is 7.32. The van der Waals surface area contributed by atoms with E-state index in [1.165, 1.54) is 0 Å². The minimum atomic E-state index is -0.860. The van der Waals surface area contributed by atoms with Gasteiger partial charge in [-0.15, -0.1) is 0 Å². The Hall–Kier alpha value is -1.10. The largest absolute Gasteiger partial charge is 0.466 e. The van der Waals surface area contributed by atoms with Gasteiger partial charge in [-0.05, 0) is 34.1 Å². The second-order valence-corrected chi connectivity index (χ2v) is 4.79. The number of ether oxygens (including phenoxy) is 2. The third-order valence-corrected chi connectivity index (χ3v) is 1.81. The van der Waals surface area contributed by atoms with Gasteiger partial charge in [-0.1, -0.05) is 0 Å². The van der Waals surface area contributed by atoms with Crippen molar-refractivity contribution in [1.29, 1.82) is 0 Å². The smallest absolute Gasteiger partial charge is 0.308 e. The van der Waals surface area contributed by atoms with Crippen molar-refractivity contribution in [2.75, 3.05) is 6.61 Å². The summed E-state index contributed by atoms with van der Waals surface area (Å²) >= 11 is 0. The highest BCUT2D eigenvalue weighted by Gasteiger charge is 2.18. The Bertz CT molecular complexity index is 254. The first-order chi connectivity index (χ1) is 7.74. The molecule has 0 saturated carbocycles. The summed E-state index contributed by atoms with van der Waals surface area (Å²) in [4.78, 5) is 22.4. The topological polar surface area (TPSA) is 72.8 Å². The lowest BCUT2D eigenvalue weighted by Gasteiger charge is -2.19. The Balaban J connectivity index is 3.80. The quantitative estimate of drug-likeness (QED) is 0.717. The van der Waals surface area contributed by atoms with E-state index in [0.717, 1.165) is 0 Å². The molecule has 0 spiro atoms. The average molecular weight is 246 g/mol. The van der Waals surface area contributed by atoms with E-state index < -0.39 is 17.7 Å². The summed E-state index contributed by atoms with van der Waals surface area (Å²) in [5.74, 6) is -0.829. The molecule has 0 fully saturated rings. The molecule has 1 unspecified atom stereocenters. The van der Waals surface area contributed by atoms with Crippen LogP contribution >= 0.6 is 0 Å². The lowest BCUT2D eigenvalue weighted by molar-refractivity contribution is -0.156. The second kappa shape index (κ2) is 7.27. The standard InChI is InChI=1S/C12H22O5/c1-5-16-11(15)8-9(13)6-7-10(14)17-12(2,3)4/h9,13H,5-8H2,1-4H3. The van der Waals surface area contributed by atoms with Crippen LogP contribution in [0.3, 0.4) is 0 Å². The van der Waals surface area contributed by atoms with E-state index in [2.05, 4.69) is 4.74 Å². The van der Waals surface area contributed by atoms with Crippen LogP contribution in [0, 0.1) is 0 Å².